The molecule has 0 fully saturated rings. The zero-order valence-corrected chi connectivity index (χ0v) is 13.7. The van der Waals surface area contributed by atoms with E-state index in [0.717, 1.165) is 21.6 Å². The van der Waals surface area contributed by atoms with Gasteiger partial charge in [-0.05, 0) is 31.0 Å². The van der Waals surface area contributed by atoms with E-state index < -0.39 is 5.97 Å². The fraction of sp³-hybridized carbons (Fsp3) is 0.429. The van der Waals surface area contributed by atoms with Crippen molar-refractivity contribution in [1.82, 2.24) is 4.90 Å². The summed E-state index contributed by atoms with van der Waals surface area (Å²) in [6.07, 6.45) is 0.797. The topological polar surface area (TPSA) is 40.5 Å². The van der Waals surface area contributed by atoms with Crippen LogP contribution >= 0.6 is 35.6 Å². The normalized spacial score (nSPS) is 10.3. The van der Waals surface area contributed by atoms with E-state index in [1.165, 1.54) is 5.56 Å². The SMILES string of the molecule is CCN(CCCC(=O)O)C(=S)SCc1ccc(Cl)cc1. The van der Waals surface area contributed by atoms with Crippen LogP contribution in [0.15, 0.2) is 24.3 Å². The van der Waals surface area contributed by atoms with Gasteiger partial charge in [-0.25, -0.2) is 0 Å². The molecule has 0 spiro atoms. The van der Waals surface area contributed by atoms with E-state index in [2.05, 4.69) is 0 Å². The van der Waals surface area contributed by atoms with Crippen LogP contribution in [0.3, 0.4) is 0 Å². The van der Waals surface area contributed by atoms with Crippen LogP contribution in [-0.2, 0) is 10.5 Å². The van der Waals surface area contributed by atoms with Crippen molar-refractivity contribution in [2.75, 3.05) is 13.1 Å². The quantitative estimate of drug-likeness (QED) is 0.763. The molecule has 0 aliphatic heterocycles. The Bertz CT molecular complexity index is 451. The van der Waals surface area contributed by atoms with E-state index in [4.69, 9.17) is 28.9 Å². The number of carboxylic acid groups (broad SMARTS) is 1. The largest absolute Gasteiger partial charge is 0.481 e. The minimum absolute atomic E-state index is 0.182. The van der Waals surface area contributed by atoms with Crippen LogP contribution in [0.4, 0.5) is 0 Å². The summed E-state index contributed by atoms with van der Waals surface area (Å²) in [6.45, 7) is 3.51. The first-order valence-corrected chi connectivity index (χ1v) is 8.18. The van der Waals surface area contributed by atoms with Crippen molar-refractivity contribution in [3.63, 3.8) is 0 Å². The highest BCUT2D eigenvalue weighted by Crippen LogP contribution is 2.18. The van der Waals surface area contributed by atoms with Crippen LogP contribution < -0.4 is 0 Å². The zero-order chi connectivity index (χ0) is 15.0. The third-order valence-corrected chi connectivity index (χ3v) is 4.58. The van der Waals surface area contributed by atoms with Crippen LogP contribution in [0.1, 0.15) is 25.3 Å². The molecule has 1 aromatic carbocycles. The highest BCUT2D eigenvalue weighted by molar-refractivity contribution is 8.22. The Balaban J connectivity index is 2.38. The second kappa shape index (κ2) is 9.21. The number of aliphatic carboxylic acids is 1. The summed E-state index contributed by atoms with van der Waals surface area (Å²) in [5.41, 5.74) is 1.17. The first kappa shape index (κ1) is 17.3. The van der Waals surface area contributed by atoms with Gasteiger partial charge >= 0.3 is 5.97 Å². The predicted octanol–water partition coefficient (Wildman–Crippen LogP) is 4.04. The molecule has 0 aromatic heterocycles. The number of carbonyl (C=O) groups is 1. The number of benzene rings is 1. The first-order valence-electron chi connectivity index (χ1n) is 6.41. The molecule has 0 saturated carbocycles. The summed E-state index contributed by atoms with van der Waals surface area (Å²) in [7, 11) is 0. The van der Waals surface area contributed by atoms with Gasteiger partial charge in [0, 0.05) is 30.3 Å². The molecule has 1 N–H and O–H groups in total. The molecule has 0 aliphatic rings. The van der Waals surface area contributed by atoms with Gasteiger partial charge in [-0.15, -0.1) is 0 Å². The minimum Gasteiger partial charge on any atom is -0.481 e. The lowest BCUT2D eigenvalue weighted by molar-refractivity contribution is -0.137. The van der Waals surface area contributed by atoms with Gasteiger partial charge in [0.25, 0.3) is 0 Å². The van der Waals surface area contributed by atoms with E-state index in [9.17, 15) is 4.79 Å². The summed E-state index contributed by atoms with van der Waals surface area (Å²) in [5, 5.41) is 9.37. The van der Waals surface area contributed by atoms with Crippen molar-refractivity contribution < 1.29 is 9.90 Å². The maximum atomic E-state index is 10.5. The monoisotopic (exact) mass is 331 g/mol. The molecule has 0 saturated heterocycles. The molecule has 0 amide bonds. The zero-order valence-electron chi connectivity index (χ0n) is 11.3. The number of hydrogen-bond donors (Lipinski definition) is 1. The van der Waals surface area contributed by atoms with Crippen molar-refractivity contribution in [3.05, 3.63) is 34.9 Å². The van der Waals surface area contributed by atoms with Gasteiger partial charge < -0.3 is 10.0 Å². The van der Waals surface area contributed by atoms with Gasteiger partial charge in [0.05, 0.1) is 0 Å². The van der Waals surface area contributed by atoms with Gasteiger partial charge in [0.15, 0.2) is 0 Å². The molecule has 0 heterocycles. The number of nitrogens with zero attached hydrogens (tertiary/aromatic N) is 1. The van der Waals surface area contributed by atoms with E-state index in [-0.39, 0.29) is 6.42 Å². The van der Waals surface area contributed by atoms with Gasteiger partial charge in [-0.2, -0.15) is 0 Å². The van der Waals surface area contributed by atoms with E-state index in [0.29, 0.717) is 13.0 Å². The highest BCUT2D eigenvalue weighted by atomic mass is 35.5. The molecule has 1 aromatic rings. The number of rotatable bonds is 7. The van der Waals surface area contributed by atoms with Gasteiger partial charge in [-0.1, -0.05) is 47.7 Å². The standard InChI is InChI=1S/C14H18ClNO2S2/c1-2-16(9-3-4-13(17)18)14(19)20-10-11-5-7-12(15)8-6-11/h5-8H,2-4,9-10H2,1H3,(H,17,18). The lowest BCUT2D eigenvalue weighted by Crippen LogP contribution is -2.28. The second-order valence-corrected chi connectivity index (χ2v) is 6.30. The average molecular weight is 332 g/mol. The molecule has 3 nitrogen and oxygen atoms in total. The molecular weight excluding hydrogens is 314 g/mol. The third kappa shape index (κ3) is 6.59. The fourth-order valence-corrected chi connectivity index (χ4v) is 3.03. The van der Waals surface area contributed by atoms with Gasteiger partial charge in [0.2, 0.25) is 0 Å². The minimum atomic E-state index is -0.763. The van der Waals surface area contributed by atoms with Crippen LogP contribution in [-0.4, -0.2) is 33.4 Å². The van der Waals surface area contributed by atoms with Gasteiger partial charge in [0.1, 0.15) is 4.32 Å². The van der Waals surface area contributed by atoms with Crippen molar-refractivity contribution in [1.29, 1.82) is 0 Å². The van der Waals surface area contributed by atoms with Crippen molar-refractivity contribution in [2.24, 2.45) is 0 Å². The molecule has 0 radical (unpaired) electrons. The van der Waals surface area contributed by atoms with Crippen LogP contribution in [0, 0.1) is 0 Å². The van der Waals surface area contributed by atoms with Crippen molar-refractivity contribution in [2.45, 2.75) is 25.5 Å². The maximum absolute atomic E-state index is 10.5. The third-order valence-electron chi connectivity index (χ3n) is 2.73. The summed E-state index contributed by atoms with van der Waals surface area (Å²) < 4.78 is 0.813. The first-order chi connectivity index (χ1) is 9.52. The Morgan fingerprint density at radius 1 is 1.40 bits per heavy atom. The molecule has 0 aliphatic carbocycles. The molecule has 110 valence electrons. The second-order valence-electron chi connectivity index (χ2n) is 4.26. The van der Waals surface area contributed by atoms with E-state index in [1.54, 1.807) is 11.8 Å². The average Bonchev–Trinajstić information content (AvgIpc) is 2.42. The van der Waals surface area contributed by atoms with Crippen LogP contribution in [0.2, 0.25) is 5.02 Å². The lowest BCUT2D eigenvalue weighted by atomic mass is 10.2. The van der Waals surface area contributed by atoms with Crippen molar-refractivity contribution >= 4 is 45.9 Å². The highest BCUT2D eigenvalue weighted by Gasteiger charge is 2.09. The van der Waals surface area contributed by atoms with E-state index >= 15 is 0 Å². The number of carboxylic acids is 1. The smallest absolute Gasteiger partial charge is 0.303 e. The molecular formula is C14H18ClNO2S2. The van der Waals surface area contributed by atoms with Crippen LogP contribution in [0.5, 0.6) is 0 Å². The van der Waals surface area contributed by atoms with E-state index in [1.807, 2.05) is 36.1 Å². The summed E-state index contributed by atoms with van der Waals surface area (Å²) in [5.74, 6) is 0.0339. The van der Waals surface area contributed by atoms with Crippen molar-refractivity contribution in [3.8, 4) is 0 Å². The molecule has 0 bridgehead atoms. The van der Waals surface area contributed by atoms with Gasteiger partial charge in [-0.3, -0.25) is 4.79 Å². The Morgan fingerprint density at radius 3 is 2.60 bits per heavy atom. The summed E-state index contributed by atoms with van der Waals surface area (Å²) >= 11 is 12.8. The predicted molar refractivity (Wildman–Crippen MR) is 89.5 cm³/mol. The summed E-state index contributed by atoms with van der Waals surface area (Å²) in [6, 6.07) is 7.70. The molecule has 1 rings (SSSR count). The molecule has 0 unspecified atom stereocenters. The maximum Gasteiger partial charge on any atom is 0.303 e. The Labute approximate surface area is 134 Å². The Kier molecular flexibility index (Phi) is 7.95. The number of halogens is 1. The molecule has 6 heteroatoms. The lowest BCUT2D eigenvalue weighted by Gasteiger charge is -2.22. The Morgan fingerprint density at radius 2 is 2.05 bits per heavy atom. The number of hydrogen-bond acceptors (Lipinski definition) is 3. The van der Waals surface area contributed by atoms with Crippen LogP contribution in [0.25, 0.3) is 0 Å². The summed E-state index contributed by atoms with van der Waals surface area (Å²) in [4.78, 5) is 12.6. The number of thiocarbonyl (C=S) groups is 1. The Hall–Kier alpha value is -0.780. The fourth-order valence-electron chi connectivity index (χ4n) is 1.62. The molecule has 20 heavy (non-hydrogen) atoms. The number of thioether (sulfide) groups is 1. The molecule has 0 atom stereocenters.